The normalized spacial score (nSPS) is 24.4. The van der Waals surface area contributed by atoms with Crippen molar-refractivity contribution in [3.63, 3.8) is 0 Å². The number of hydrogen-bond donors (Lipinski definition) is 1. The molecule has 0 aliphatic heterocycles. The molecule has 1 atom stereocenters. The van der Waals surface area contributed by atoms with E-state index < -0.39 is 5.60 Å². The molecule has 1 N–H and O–H groups in total. The molecular weight excluding hydrogens is 216 g/mol. The van der Waals surface area contributed by atoms with Gasteiger partial charge in [0.15, 0.2) is 5.78 Å². The van der Waals surface area contributed by atoms with Gasteiger partial charge in [-0.1, -0.05) is 12.1 Å². The summed E-state index contributed by atoms with van der Waals surface area (Å²) in [7, 11) is 1.61. The number of allylic oxidation sites excluding steroid dienone is 1. The van der Waals surface area contributed by atoms with E-state index in [1.807, 2.05) is 24.3 Å². The molecule has 3 nitrogen and oxygen atoms in total. The first-order valence-corrected chi connectivity index (χ1v) is 5.60. The zero-order chi connectivity index (χ0) is 12.5. The average Bonchev–Trinajstić information content (AvgIpc) is 2.26. The minimum absolute atomic E-state index is 0.0212. The van der Waals surface area contributed by atoms with Crippen molar-refractivity contribution in [2.75, 3.05) is 7.11 Å². The Labute approximate surface area is 101 Å². The molecule has 0 fully saturated rings. The van der Waals surface area contributed by atoms with Gasteiger partial charge in [-0.25, -0.2) is 0 Å². The van der Waals surface area contributed by atoms with E-state index in [1.165, 1.54) is 0 Å². The highest BCUT2D eigenvalue weighted by Gasteiger charge is 2.29. The largest absolute Gasteiger partial charge is 0.497 e. The highest BCUT2D eigenvalue weighted by Crippen LogP contribution is 2.32. The van der Waals surface area contributed by atoms with Gasteiger partial charge in [-0.3, -0.25) is 4.79 Å². The second-order valence-electron chi connectivity index (χ2n) is 4.71. The molecule has 1 aliphatic rings. The fourth-order valence-electron chi connectivity index (χ4n) is 2.14. The third-order valence-corrected chi connectivity index (χ3v) is 2.92. The van der Waals surface area contributed by atoms with Crippen LogP contribution in [0.25, 0.3) is 5.57 Å². The molecule has 90 valence electrons. The number of rotatable bonds is 2. The van der Waals surface area contributed by atoms with Crippen molar-refractivity contribution in [2.45, 2.75) is 25.4 Å². The molecule has 0 bridgehead atoms. The number of hydrogen-bond acceptors (Lipinski definition) is 3. The molecule has 0 radical (unpaired) electrons. The Kier molecular flexibility index (Phi) is 3.03. The number of aliphatic hydroxyl groups is 1. The van der Waals surface area contributed by atoms with E-state index in [0.29, 0.717) is 6.42 Å². The van der Waals surface area contributed by atoms with Gasteiger partial charge in [-0.05, 0) is 36.3 Å². The van der Waals surface area contributed by atoms with Gasteiger partial charge in [0.25, 0.3) is 0 Å². The summed E-state index contributed by atoms with van der Waals surface area (Å²) in [6.45, 7) is 1.70. The second kappa shape index (κ2) is 4.34. The maximum atomic E-state index is 11.5. The molecule has 3 heteroatoms. The zero-order valence-electron chi connectivity index (χ0n) is 10.1. The smallest absolute Gasteiger partial charge is 0.158 e. The molecule has 0 spiro atoms. The van der Waals surface area contributed by atoms with Crippen molar-refractivity contribution in [1.29, 1.82) is 0 Å². The van der Waals surface area contributed by atoms with Gasteiger partial charge in [0.1, 0.15) is 5.75 Å². The second-order valence-corrected chi connectivity index (χ2v) is 4.71. The molecular formula is C14H16O3. The molecule has 1 aromatic carbocycles. The Morgan fingerprint density at radius 2 is 1.88 bits per heavy atom. The summed E-state index contributed by atoms with van der Waals surface area (Å²) < 4.78 is 5.08. The molecule has 0 saturated heterocycles. The molecule has 1 aliphatic carbocycles. The van der Waals surface area contributed by atoms with Gasteiger partial charge in [-0.15, -0.1) is 0 Å². The number of carbonyl (C=O) groups is 1. The van der Waals surface area contributed by atoms with Crippen LogP contribution in [0, 0.1) is 0 Å². The van der Waals surface area contributed by atoms with E-state index in [1.54, 1.807) is 20.1 Å². The molecule has 1 aromatic rings. The fraction of sp³-hybridized carbons (Fsp3) is 0.357. The lowest BCUT2D eigenvalue weighted by Gasteiger charge is -2.27. The standard InChI is InChI=1S/C14H16O3/c1-14(16)8-11(7-12(15)9-14)10-3-5-13(17-2)6-4-10/h3-7,16H,8-9H2,1-2H3/t14-/m1/s1. The van der Waals surface area contributed by atoms with Crippen LogP contribution < -0.4 is 4.74 Å². The highest BCUT2D eigenvalue weighted by molar-refractivity contribution is 5.99. The number of ether oxygens (including phenoxy) is 1. The summed E-state index contributed by atoms with van der Waals surface area (Å²) in [5.74, 6) is 0.760. The van der Waals surface area contributed by atoms with Crippen LogP contribution in [0.1, 0.15) is 25.3 Å². The zero-order valence-corrected chi connectivity index (χ0v) is 10.1. The van der Waals surface area contributed by atoms with Crippen LogP contribution >= 0.6 is 0 Å². The Hall–Kier alpha value is -1.61. The summed E-state index contributed by atoms with van der Waals surface area (Å²) in [4.78, 5) is 11.5. The Morgan fingerprint density at radius 1 is 1.24 bits per heavy atom. The van der Waals surface area contributed by atoms with Crippen molar-refractivity contribution >= 4 is 11.4 Å². The summed E-state index contributed by atoms with van der Waals surface area (Å²) in [6.07, 6.45) is 2.33. The molecule has 0 aromatic heterocycles. The predicted molar refractivity (Wildman–Crippen MR) is 65.8 cm³/mol. The minimum Gasteiger partial charge on any atom is -0.497 e. The SMILES string of the molecule is COc1ccc(C2=CC(=O)C[C@](C)(O)C2)cc1. The lowest BCUT2D eigenvalue weighted by molar-refractivity contribution is -0.119. The van der Waals surface area contributed by atoms with E-state index in [9.17, 15) is 9.90 Å². The third-order valence-electron chi connectivity index (χ3n) is 2.92. The Bertz CT molecular complexity index is 455. The molecule has 17 heavy (non-hydrogen) atoms. The van der Waals surface area contributed by atoms with Crippen molar-refractivity contribution in [3.05, 3.63) is 35.9 Å². The lowest BCUT2D eigenvalue weighted by Crippen LogP contribution is -2.30. The van der Waals surface area contributed by atoms with Gasteiger partial charge < -0.3 is 9.84 Å². The summed E-state index contributed by atoms with van der Waals surface area (Å²) in [5, 5.41) is 9.99. The Balaban J connectivity index is 2.29. The van der Waals surface area contributed by atoms with Crippen LogP contribution in [-0.4, -0.2) is 23.6 Å². The van der Waals surface area contributed by atoms with Crippen LogP contribution in [0.4, 0.5) is 0 Å². The molecule has 0 heterocycles. The van der Waals surface area contributed by atoms with Gasteiger partial charge in [0, 0.05) is 12.8 Å². The number of ketones is 1. The molecule has 0 unspecified atom stereocenters. The minimum atomic E-state index is -0.929. The molecule has 2 rings (SSSR count). The number of carbonyl (C=O) groups excluding carboxylic acids is 1. The molecule has 0 saturated carbocycles. The van der Waals surface area contributed by atoms with Crippen molar-refractivity contribution in [2.24, 2.45) is 0 Å². The first-order chi connectivity index (χ1) is 8.00. The first-order valence-electron chi connectivity index (χ1n) is 5.60. The number of benzene rings is 1. The van der Waals surface area contributed by atoms with Gasteiger partial charge in [0.2, 0.25) is 0 Å². The van der Waals surface area contributed by atoms with Gasteiger partial charge >= 0.3 is 0 Å². The van der Waals surface area contributed by atoms with Crippen LogP contribution in [0.2, 0.25) is 0 Å². The van der Waals surface area contributed by atoms with Gasteiger partial charge in [-0.2, -0.15) is 0 Å². The molecule has 0 amide bonds. The first kappa shape index (κ1) is 11.9. The van der Waals surface area contributed by atoms with Crippen molar-refractivity contribution < 1.29 is 14.6 Å². The fourth-order valence-corrected chi connectivity index (χ4v) is 2.14. The number of methoxy groups -OCH3 is 1. The van der Waals surface area contributed by atoms with E-state index >= 15 is 0 Å². The van der Waals surface area contributed by atoms with Crippen LogP contribution in [0.3, 0.4) is 0 Å². The summed E-state index contributed by atoms with van der Waals surface area (Å²) in [6, 6.07) is 7.51. The van der Waals surface area contributed by atoms with E-state index in [0.717, 1.165) is 16.9 Å². The van der Waals surface area contributed by atoms with Crippen molar-refractivity contribution in [1.82, 2.24) is 0 Å². The van der Waals surface area contributed by atoms with Crippen LogP contribution in [0.5, 0.6) is 5.75 Å². The van der Waals surface area contributed by atoms with Crippen molar-refractivity contribution in [3.8, 4) is 5.75 Å². The van der Waals surface area contributed by atoms with E-state index in [-0.39, 0.29) is 12.2 Å². The highest BCUT2D eigenvalue weighted by atomic mass is 16.5. The topological polar surface area (TPSA) is 46.5 Å². The van der Waals surface area contributed by atoms with Gasteiger partial charge in [0.05, 0.1) is 12.7 Å². The van der Waals surface area contributed by atoms with E-state index in [4.69, 9.17) is 4.74 Å². The maximum absolute atomic E-state index is 11.5. The van der Waals surface area contributed by atoms with Crippen LogP contribution in [-0.2, 0) is 4.79 Å². The lowest BCUT2D eigenvalue weighted by atomic mass is 9.83. The Morgan fingerprint density at radius 3 is 2.41 bits per heavy atom. The summed E-state index contributed by atoms with van der Waals surface area (Å²) >= 11 is 0. The maximum Gasteiger partial charge on any atom is 0.158 e. The van der Waals surface area contributed by atoms with E-state index in [2.05, 4.69) is 0 Å². The third kappa shape index (κ3) is 2.74. The predicted octanol–water partition coefficient (Wildman–Crippen LogP) is 2.19. The average molecular weight is 232 g/mol. The summed E-state index contributed by atoms with van der Waals surface area (Å²) in [5.41, 5.74) is 0.911. The quantitative estimate of drug-likeness (QED) is 0.850. The van der Waals surface area contributed by atoms with Crippen LogP contribution in [0.15, 0.2) is 30.3 Å². The monoisotopic (exact) mass is 232 g/mol.